The van der Waals surface area contributed by atoms with Gasteiger partial charge in [-0.05, 0) is 37.5 Å². The topological polar surface area (TPSA) is 50.2 Å². The largest absolute Gasteiger partial charge is 0.481 e. The molecule has 18 heavy (non-hydrogen) atoms. The highest BCUT2D eigenvalue weighted by atomic mass is 32.1. The van der Waals surface area contributed by atoms with Gasteiger partial charge in [0.05, 0.1) is 21.1 Å². The summed E-state index contributed by atoms with van der Waals surface area (Å²) in [6, 6.07) is 6.20. The molecule has 1 aromatic carbocycles. The molecular weight excluding hydrogens is 246 g/mol. The number of thiazole rings is 1. The number of carboxylic acids is 1. The minimum absolute atomic E-state index is 0.111. The van der Waals surface area contributed by atoms with Crippen molar-refractivity contribution in [3.63, 3.8) is 0 Å². The maximum atomic E-state index is 11.2. The molecule has 4 heteroatoms. The summed E-state index contributed by atoms with van der Waals surface area (Å²) in [6.45, 7) is 2.06. The van der Waals surface area contributed by atoms with Crippen molar-refractivity contribution in [1.29, 1.82) is 0 Å². The lowest BCUT2D eigenvalue weighted by Crippen LogP contribution is -2.16. The number of hydrogen-bond donors (Lipinski definition) is 1. The van der Waals surface area contributed by atoms with Crippen LogP contribution in [0.3, 0.4) is 0 Å². The first-order valence-corrected chi connectivity index (χ1v) is 7.06. The van der Waals surface area contributed by atoms with E-state index >= 15 is 0 Å². The van der Waals surface area contributed by atoms with Gasteiger partial charge >= 0.3 is 5.97 Å². The van der Waals surface area contributed by atoms with Gasteiger partial charge in [-0.3, -0.25) is 4.79 Å². The van der Waals surface area contributed by atoms with Crippen molar-refractivity contribution in [2.75, 3.05) is 0 Å². The van der Waals surface area contributed by atoms with Crippen LogP contribution >= 0.6 is 11.3 Å². The van der Waals surface area contributed by atoms with Crippen LogP contribution in [0.15, 0.2) is 18.2 Å². The lowest BCUT2D eigenvalue weighted by atomic mass is 9.97. The van der Waals surface area contributed by atoms with Crippen LogP contribution in [0.1, 0.15) is 35.8 Å². The third-order valence-electron chi connectivity index (χ3n) is 3.71. The summed E-state index contributed by atoms with van der Waals surface area (Å²) < 4.78 is 1.17. The van der Waals surface area contributed by atoms with Crippen LogP contribution < -0.4 is 0 Å². The number of rotatable bonds is 2. The molecule has 0 amide bonds. The van der Waals surface area contributed by atoms with E-state index in [1.54, 1.807) is 11.3 Å². The second-order valence-electron chi connectivity index (χ2n) is 5.01. The Kier molecular flexibility index (Phi) is 2.82. The molecule has 1 heterocycles. The van der Waals surface area contributed by atoms with E-state index in [-0.39, 0.29) is 11.8 Å². The SMILES string of the molecule is Cc1ccc2nc(C3CCCC3C(=O)O)sc2c1. The molecule has 94 valence electrons. The van der Waals surface area contributed by atoms with Gasteiger partial charge in [0.25, 0.3) is 0 Å². The van der Waals surface area contributed by atoms with Gasteiger partial charge in [0, 0.05) is 5.92 Å². The van der Waals surface area contributed by atoms with E-state index in [9.17, 15) is 9.90 Å². The number of carbonyl (C=O) groups is 1. The van der Waals surface area contributed by atoms with E-state index < -0.39 is 5.97 Å². The van der Waals surface area contributed by atoms with E-state index in [1.807, 2.05) is 6.07 Å². The number of hydrogen-bond acceptors (Lipinski definition) is 3. The van der Waals surface area contributed by atoms with Gasteiger partial charge in [0.2, 0.25) is 0 Å². The molecule has 0 spiro atoms. The van der Waals surface area contributed by atoms with Crippen LogP contribution in [0.2, 0.25) is 0 Å². The fourth-order valence-corrected chi connectivity index (χ4v) is 4.03. The predicted molar refractivity (Wildman–Crippen MR) is 72.1 cm³/mol. The summed E-state index contributed by atoms with van der Waals surface area (Å²) in [5, 5.41) is 10.2. The van der Waals surface area contributed by atoms with Crippen LogP contribution in [-0.2, 0) is 4.79 Å². The number of nitrogens with zero attached hydrogens (tertiary/aromatic N) is 1. The van der Waals surface area contributed by atoms with Gasteiger partial charge in [-0.25, -0.2) is 4.98 Å². The molecule has 2 aromatic rings. The molecule has 1 fully saturated rings. The van der Waals surface area contributed by atoms with E-state index in [2.05, 4.69) is 24.0 Å². The number of fused-ring (bicyclic) bond motifs is 1. The van der Waals surface area contributed by atoms with E-state index in [4.69, 9.17) is 0 Å². The van der Waals surface area contributed by atoms with Gasteiger partial charge in [-0.15, -0.1) is 11.3 Å². The number of benzene rings is 1. The average Bonchev–Trinajstić information content (AvgIpc) is 2.93. The zero-order valence-corrected chi connectivity index (χ0v) is 11.0. The monoisotopic (exact) mass is 261 g/mol. The summed E-state index contributed by atoms with van der Waals surface area (Å²) in [7, 11) is 0. The molecule has 2 unspecified atom stereocenters. The zero-order chi connectivity index (χ0) is 12.7. The minimum Gasteiger partial charge on any atom is -0.481 e. The Morgan fingerprint density at radius 3 is 3.06 bits per heavy atom. The molecule has 0 bridgehead atoms. The second kappa shape index (κ2) is 4.35. The highest BCUT2D eigenvalue weighted by molar-refractivity contribution is 7.18. The molecule has 1 aliphatic rings. The summed E-state index contributed by atoms with van der Waals surface area (Å²) >= 11 is 1.66. The van der Waals surface area contributed by atoms with E-state index in [1.165, 1.54) is 10.3 Å². The van der Waals surface area contributed by atoms with Crippen LogP contribution in [0.5, 0.6) is 0 Å². The minimum atomic E-state index is -0.673. The van der Waals surface area contributed by atoms with Crippen molar-refractivity contribution in [3.05, 3.63) is 28.8 Å². The van der Waals surface area contributed by atoms with Gasteiger partial charge in [-0.2, -0.15) is 0 Å². The Hall–Kier alpha value is -1.42. The Labute approximate surface area is 109 Å². The Morgan fingerprint density at radius 1 is 1.44 bits per heavy atom. The van der Waals surface area contributed by atoms with Crippen LogP contribution in [-0.4, -0.2) is 16.1 Å². The van der Waals surface area contributed by atoms with Crippen molar-refractivity contribution in [3.8, 4) is 0 Å². The number of carboxylic acid groups (broad SMARTS) is 1. The predicted octanol–water partition coefficient (Wildman–Crippen LogP) is 3.57. The highest BCUT2D eigenvalue weighted by Crippen LogP contribution is 2.42. The van der Waals surface area contributed by atoms with Crippen molar-refractivity contribution in [2.24, 2.45) is 5.92 Å². The van der Waals surface area contributed by atoms with Gasteiger partial charge in [0.1, 0.15) is 0 Å². The van der Waals surface area contributed by atoms with Crippen molar-refractivity contribution >= 4 is 27.5 Å². The molecule has 1 aromatic heterocycles. The van der Waals surface area contributed by atoms with Crippen LogP contribution in [0.25, 0.3) is 10.2 Å². The van der Waals surface area contributed by atoms with Gasteiger partial charge in [-0.1, -0.05) is 12.5 Å². The molecule has 1 aliphatic carbocycles. The fraction of sp³-hybridized carbons (Fsp3) is 0.429. The molecule has 1 saturated carbocycles. The van der Waals surface area contributed by atoms with Crippen molar-refractivity contribution in [1.82, 2.24) is 4.98 Å². The molecule has 1 N–H and O–H groups in total. The first-order valence-electron chi connectivity index (χ1n) is 6.25. The summed E-state index contributed by atoms with van der Waals surface area (Å²) in [5.41, 5.74) is 2.22. The maximum absolute atomic E-state index is 11.2. The normalized spacial score (nSPS) is 23.6. The Morgan fingerprint density at radius 2 is 2.28 bits per heavy atom. The number of aryl methyl sites for hydroxylation is 1. The highest BCUT2D eigenvalue weighted by Gasteiger charge is 2.35. The van der Waals surface area contributed by atoms with E-state index in [0.717, 1.165) is 29.8 Å². The van der Waals surface area contributed by atoms with Gasteiger partial charge in [0.15, 0.2) is 0 Å². The third kappa shape index (κ3) is 1.90. The average molecular weight is 261 g/mol. The number of aromatic nitrogens is 1. The van der Waals surface area contributed by atoms with E-state index in [0.29, 0.717) is 0 Å². The molecule has 3 nitrogen and oxygen atoms in total. The first-order chi connectivity index (χ1) is 8.65. The molecule has 0 radical (unpaired) electrons. The summed E-state index contributed by atoms with van der Waals surface area (Å²) in [4.78, 5) is 15.9. The molecule has 2 atom stereocenters. The van der Waals surface area contributed by atoms with Crippen molar-refractivity contribution < 1.29 is 9.90 Å². The molecule has 0 aliphatic heterocycles. The lowest BCUT2D eigenvalue weighted by molar-refractivity contribution is -0.142. The molecule has 3 rings (SSSR count). The smallest absolute Gasteiger partial charge is 0.307 e. The summed E-state index contributed by atoms with van der Waals surface area (Å²) in [5.74, 6) is -0.806. The van der Waals surface area contributed by atoms with Crippen molar-refractivity contribution in [2.45, 2.75) is 32.1 Å². The maximum Gasteiger partial charge on any atom is 0.307 e. The Bertz CT molecular complexity index is 605. The summed E-state index contributed by atoms with van der Waals surface area (Å²) in [6.07, 6.45) is 2.74. The first kappa shape index (κ1) is 11.7. The molecular formula is C14H15NO2S. The Balaban J connectivity index is 2.01. The molecule has 0 saturated heterocycles. The van der Waals surface area contributed by atoms with Crippen LogP contribution in [0.4, 0.5) is 0 Å². The van der Waals surface area contributed by atoms with Gasteiger partial charge < -0.3 is 5.11 Å². The third-order valence-corrected chi connectivity index (χ3v) is 4.86. The lowest BCUT2D eigenvalue weighted by Gasteiger charge is -2.11. The zero-order valence-electron chi connectivity index (χ0n) is 10.2. The fourth-order valence-electron chi connectivity index (χ4n) is 2.76. The van der Waals surface area contributed by atoms with Crippen LogP contribution in [0, 0.1) is 12.8 Å². The second-order valence-corrected chi connectivity index (χ2v) is 6.07. The standard InChI is InChI=1S/C14H15NO2S/c1-8-5-6-11-12(7-8)18-13(15-11)9-3-2-4-10(9)14(16)17/h5-7,9-10H,2-4H2,1H3,(H,16,17). The number of aliphatic carboxylic acids is 1. The quantitative estimate of drug-likeness (QED) is 0.899.